The summed E-state index contributed by atoms with van der Waals surface area (Å²) in [4.78, 5) is 0. The van der Waals surface area contributed by atoms with Crippen molar-refractivity contribution in [1.29, 1.82) is 0 Å². The molecule has 1 N–H and O–H groups in total. The van der Waals surface area contributed by atoms with E-state index in [1.165, 1.54) is 15.6 Å². The van der Waals surface area contributed by atoms with Crippen molar-refractivity contribution >= 4 is 21.4 Å². The van der Waals surface area contributed by atoms with Gasteiger partial charge in [0.25, 0.3) is 10.0 Å². The van der Waals surface area contributed by atoms with Crippen molar-refractivity contribution in [3.63, 3.8) is 0 Å². The molecule has 1 aromatic heterocycles. The molecule has 0 amide bonds. The number of rotatable bonds is 2. The van der Waals surface area contributed by atoms with E-state index in [0.717, 1.165) is 0 Å². The van der Waals surface area contributed by atoms with Gasteiger partial charge in [0.2, 0.25) is 0 Å². The van der Waals surface area contributed by atoms with Crippen LogP contribution in [0.5, 0.6) is 0 Å². The van der Waals surface area contributed by atoms with E-state index in [-0.39, 0.29) is 6.54 Å². The third kappa shape index (κ3) is 1.70. The Morgan fingerprint density at radius 3 is 2.86 bits per heavy atom. The van der Waals surface area contributed by atoms with Crippen LogP contribution in [0.3, 0.4) is 0 Å². The molecule has 14 heavy (non-hydrogen) atoms. The van der Waals surface area contributed by atoms with Gasteiger partial charge in [0, 0.05) is 13.1 Å². The lowest BCUT2D eigenvalue weighted by Gasteiger charge is -2.13. The lowest BCUT2D eigenvalue weighted by atomic mass is 10.3. The summed E-state index contributed by atoms with van der Waals surface area (Å²) < 4.78 is 25.4. The lowest BCUT2D eigenvalue weighted by molar-refractivity contribution is 0.189. The zero-order valence-corrected chi connectivity index (χ0v) is 9.09. The molecule has 1 saturated heterocycles. The van der Waals surface area contributed by atoms with E-state index in [1.54, 1.807) is 17.5 Å². The first kappa shape index (κ1) is 10.1. The molecule has 0 bridgehead atoms. The second kappa shape index (κ2) is 3.62. The molecule has 1 aliphatic heterocycles. The molecule has 0 unspecified atom stereocenters. The largest absolute Gasteiger partial charge is 0.392 e. The number of hydrogen-bond donors (Lipinski definition) is 1. The topological polar surface area (TPSA) is 57.6 Å². The molecular formula is C8H11NO3S2. The maximum Gasteiger partial charge on any atom is 0.252 e. The van der Waals surface area contributed by atoms with Crippen molar-refractivity contribution in [2.24, 2.45) is 0 Å². The van der Waals surface area contributed by atoms with E-state index >= 15 is 0 Å². The molecule has 0 radical (unpaired) electrons. The predicted molar refractivity (Wildman–Crippen MR) is 53.7 cm³/mol. The normalized spacial score (nSPS) is 24.2. The Kier molecular flexibility index (Phi) is 2.61. The summed E-state index contributed by atoms with van der Waals surface area (Å²) >= 11 is 1.21. The second-order valence-electron chi connectivity index (χ2n) is 3.24. The quantitative estimate of drug-likeness (QED) is 0.809. The Balaban J connectivity index is 2.26. The van der Waals surface area contributed by atoms with Gasteiger partial charge in [-0.1, -0.05) is 6.07 Å². The first-order valence-corrected chi connectivity index (χ1v) is 6.64. The van der Waals surface area contributed by atoms with Gasteiger partial charge in [-0.2, -0.15) is 4.31 Å². The second-order valence-corrected chi connectivity index (χ2v) is 6.35. The summed E-state index contributed by atoms with van der Waals surface area (Å²) in [5.74, 6) is 0. The molecule has 1 atom stereocenters. The molecule has 1 fully saturated rings. The molecule has 0 aliphatic carbocycles. The van der Waals surface area contributed by atoms with Crippen molar-refractivity contribution in [3.8, 4) is 0 Å². The molecule has 1 aliphatic rings. The number of sulfonamides is 1. The summed E-state index contributed by atoms with van der Waals surface area (Å²) in [7, 11) is -3.34. The first-order valence-electron chi connectivity index (χ1n) is 4.32. The SMILES string of the molecule is O=S(=O)(c1cccs1)N1CC[C@@H](O)C1. The van der Waals surface area contributed by atoms with E-state index in [4.69, 9.17) is 0 Å². The molecule has 78 valence electrons. The van der Waals surface area contributed by atoms with E-state index in [9.17, 15) is 13.5 Å². The zero-order valence-electron chi connectivity index (χ0n) is 7.46. The Morgan fingerprint density at radius 1 is 1.57 bits per heavy atom. The average Bonchev–Trinajstić information content (AvgIpc) is 2.72. The number of aliphatic hydroxyl groups excluding tert-OH is 1. The highest BCUT2D eigenvalue weighted by Gasteiger charge is 2.31. The van der Waals surface area contributed by atoms with Crippen LogP contribution in [0.15, 0.2) is 21.7 Å². The summed E-state index contributed by atoms with van der Waals surface area (Å²) in [6, 6.07) is 3.30. The van der Waals surface area contributed by atoms with Crippen LogP contribution in [0.2, 0.25) is 0 Å². The highest BCUT2D eigenvalue weighted by Crippen LogP contribution is 2.24. The van der Waals surface area contributed by atoms with Crippen LogP contribution in [0, 0.1) is 0 Å². The fraction of sp³-hybridized carbons (Fsp3) is 0.500. The Morgan fingerprint density at radius 2 is 2.36 bits per heavy atom. The smallest absolute Gasteiger partial charge is 0.252 e. The highest BCUT2D eigenvalue weighted by molar-refractivity contribution is 7.91. The fourth-order valence-electron chi connectivity index (χ4n) is 1.47. The van der Waals surface area contributed by atoms with Crippen molar-refractivity contribution in [3.05, 3.63) is 17.5 Å². The number of nitrogens with zero attached hydrogens (tertiary/aromatic N) is 1. The van der Waals surface area contributed by atoms with E-state index in [0.29, 0.717) is 17.2 Å². The van der Waals surface area contributed by atoms with Crippen LogP contribution in [0.4, 0.5) is 0 Å². The third-order valence-electron chi connectivity index (χ3n) is 2.22. The van der Waals surface area contributed by atoms with Crippen LogP contribution in [-0.2, 0) is 10.0 Å². The Bertz CT molecular complexity index is 398. The van der Waals surface area contributed by atoms with Gasteiger partial charge in [0.1, 0.15) is 4.21 Å². The summed E-state index contributed by atoms with van der Waals surface area (Å²) in [5.41, 5.74) is 0. The molecule has 0 spiro atoms. The monoisotopic (exact) mass is 233 g/mol. The molecule has 2 rings (SSSR count). The molecule has 4 nitrogen and oxygen atoms in total. The number of aliphatic hydroxyl groups is 1. The van der Waals surface area contributed by atoms with Gasteiger partial charge >= 0.3 is 0 Å². The lowest BCUT2D eigenvalue weighted by Crippen LogP contribution is -2.29. The highest BCUT2D eigenvalue weighted by atomic mass is 32.2. The maximum absolute atomic E-state index is 11.9. The van der Waals surface area contributed by atoms with Crippen LogP contribution in [-0.4, -0.2) is 37.0 Å². The van der Waals surface area contributed by atoms with Crippen LogP contribution >= 0.6 is 11.3 Å². The van der Waals surface area contributed by atoms with Gasteiger partial charge in [-0.3, -0.25) is 0 Å². The number of thiophene rings is 1. The average molecular weight is 233 g/mol. The minimum atomic E-state index is -3.34. The zero-order chi connectivity index (χ0) is 10.2. The summed E-state index contributed by atoms with van der Waals surface area (Å²) in [5, 5.41) is 11.0. The van der Waals surface area contributed by atoms with Gasteiger partial charge in [0.15, 0.2) is 0 Å². The van der Waals surface area contributed by atoms with Gasteiger partial charge in [-0.25, -0.2) is 8.42 Å². The Hall–Kier alpha value is -0.430. The van der Waals surface area contributed by atoms with Crippen molar-refractivity contribution in [1.82, 2.24) is 4.31 Å². The van der Waals surface area contributed by atoms with Gasteiger partial charge < -0.3 is 5.11 Å². The van der Waals surface area contributed by atoms with Crippen molar-refractivity contribution in [2.45, 2.75) is 16.7 Å². The van der Waals surface area contributed by atoms with Crippen molar-refractivity contribution in [2.75, 3.05) is 13.1 Å². The van der Waals surface area contributed by atoms with Gasteiger partial charge in [-0.05, 0) is 17.9 Å². The molecule has 2 heterocycles. The summed E-state index contributed by atoms with van der Waals surface area (Å²) in [6.45, 7) is 0.641. The standard InChI is InChI=1S/C8H11NO3S2/c10-7-3-4-9(6-7)14(11,12)8-2-1-5-13-8/h1-2,5,7,10H,3-4,6H2/t7-/m1/s1. The van der Waals surface area contributed by atoms with Crippen LogP contribution in [0.25, 0.3) is 0 Å². The number of β-amino-alcohol motifs (C(OH)–C–C–N with tert-alkyl or cyclic N) is 1. The van der Waals surface area contributed by atoms with E-state index in [1.807, 2.05) is 0 Å². The Labute approximate surface area is 86.8 Å². The van der Waals surface area contributed by atoms with E-state index in [2.05, 4.69) is 0 Å². The molecule has 6 heteroatoms. The minimum Gasteiger partial charge on any atom is -0.392 e. The summed E-state index contributed by atoms with van der Waals surface area (Å²) in [6.07, 6.45) is 0.0228. The fourth-order valence-corrected chi connectivity index (χ4v) is 4.10. The third-order valence-corrected chi connectivity index (χ3v) is 5.45. The molecule has 0 saturated carbocycles. The molecule has 1 aromatic rings. The minimum absolute atomic E-state index is 0.222. The van der Waals surface area contributed by atoms with E-state index < -0.39 is 16.1 Å². The first-order chi connectivity index (χ1) is 6.60. The molecular weight excluding hydrogens is 222 g/mol. The van der Waals surface area contributed by atoms with Crippen LogP contribution in [0.1, 0.15) is 6.42 Å². The molecule has 0 aromatic carbocycles. The van der Waals surface area contributed by atoms with Gasteiger partial charge in [0.05, 0.1) is 6.10 Å². The predicted octanol–water partition coefficient (Wildman–Crippen LogP) is 0.503. The number of hydrogen-bond acceptors (Lipinski definition) is 4. The maximum atomic E-state index is 11.9. The van der Waals surface area contributed by atoms with Crippen LogP contribution < -0.4 is 0 Å². The van der Waals surface area contributed by atoms with Crippen molar-refractivity contribution < 1.29 is 13.5 Å². The van der Waals surface area contributed by atoms with Gasteiger partial charge in [-0.15, -0.1) is 11.3 Å².